The van der Waals surface area contributed by atoms with Gasteiger partial charge in [0.2, 0.25) is 15.9 Å². The maximum absolute atomic E-state index is 13.4. The van der Waals surface area contributed by atoms with Crippen LogP contribution in [0.2, 0.25) is 0 Å². The quantitative estimate of drug-likeness (QED) is 0.476. The fourth-order valence-corrected chi connectivity index (χ4v) is 5.61. The molecule has 10 heteroatoms. The van der Waals surface area contributed by atoms with Crippen LogP contribution >= 0.6 is 0 Å². The van der Waals surface area contributed by atoms with E-state index in [1.165, 1.54) is 37.5 Å². The monoisotopic (exact) mass is 471 g/mol. The first kappa shape index (κ1) is 25.0. The molecule has 8 nitrogen and oxygen atoms in total. The van der Waals surface area contributed by atoms with Gasteiger partial charge in [-0.05, 0) is 63.4 Å². The van der Waals surface area contributed by atoms with Crippen LogP contribution in [0.4, 0.5) is 4.39 Å². The Hall–Kier alpha value is -1.59. The van der Waals surface area contributed by atoms with Gasteiger partial charge in [0.05, 0.1) is 29.8 Å². The predicted octanol–water partition coefficient (Wildman–Crippen LogP) is 1.39. The first-order valence-corrected chi connectivity index (χ1v) is 12.9. The molecule has 3 atom stereocenters. The van der Waals surface area contributed by atoms with E-state index in [-0.39, 0.29) is 23.5 Å². The molecule has 1 aromatic rings. The van der Waals surface area contributed by atoms with Gasteiger partial charge in [0.1, 0.15) is 5.82 Å². The summed E-state index contributed by atoms with van der Waals surface area (Å²) in [4.78, 5) is 14.3. The second-order valence-electron chi connectivity index (χ2n) is 8.53. The SMILES string of the molecule is O=C(CCN1CCCCC1)NCC[C@H]1CC[C@@H](NS(=O)(=O)c2cccc(F)c2)[C@@H](CO)O1. The van der Waals surface area contributed by atoms with Gasteiger partial charge < -0.3 is 20.1 Å². The zero-order chi connectivity index (χ0) is 23.0. The molecule has 0 aromatic heterocycles. The van der Waals surface area contributed by atoms with Crippen molar-refractivity contribution < 1.29 is 27.4 Å². The Kier molecular flexibility index (Phi) is 9.42. The molecular formula is C22H34FN3O5S. The molecule has 2 aliphatic heterocycles. The molecule has 2 aliphatic rings. The number of aliphatic hydroxyl groups is 1. The highest BCUT2D eigenvalue weighted by Crippen LogP contribution is 2.23. The van der Waals surface area contributed by atoms with E-state index in [9.17, 15) is 22.7 Å². The molecule has 0 bridgehead atoms. The smallest absolute Gasteiger partial charge is 0.241 e. The van der Waals surface area contributed by atoms with E-state index in [0.717, 1.165) is 25.7 Å². The lowest BCUT2D eigenvalue weighted by Gasteiger charge is -2.36. The van der Waals surface area contributed by atoms with Crippen molar-refractivity contribution in [3.63, 3.8) is 0 Å². The van der Waals surface area contributed by atoms with Gasteiger partial charge >= 0.3 is 0 Å². The molecule has 1 amide bonds. The molecule has 0 saturated carbocycles. The number of benzene rings is 1. The van der Waals surface area contributed by atoms with Crippen LogP contribution in [0.3, 0.4) is 0 Å². The molecule has 2 fully saturated rings. The third-order valence-electron chi connectivity index (χ3n) is 6.10. The summed E-state index contributed by atoms with van der Waals surface area (Å²) in [5.74, 6) is -0.615. The van der Waals surface area contributed by atoms with Crippen LogP contribution in [-0.2, 0) is 19.6 Å². The molecule has 0 aliphatic carbocycles. The van der Waals surface area contributed by atoms with E-state index in [0.29, 0.717) is 32.2 Å². The number of amides is 1. The standard InChI is InChI=1S/C22H34FN3O5S/c23-17-5-4-6-19(15-17)32(29,30)25-20-8-7-18(31-21(20)16-27)9-11-24-22(28)10-14-26-12-2-1-3-13-26/h4-6,15,18,20-21,25,27H,1-3,7-14,16H2,(H,24,28)/t18-,20-,21-/m1/s1. The third-order valence-corrected chi connectivity index (χ3v) is 7.59. The fraction of sp³-hybridized carbons (Fsp3) is 0.682. The van der Waals surface area contributed by atoms with Gasteiger partial charge in [-0.2, -0.15) is 0 Å². The zero-order valence-electron chi connectivity index (χ0n) is 18.3. The molecule has 2 saturated heterocycles. The van der Waals surface area contributed by atoms with Gasteiger partial charge in [0.15, 0.2) is 0 Å². The van der Waals surface area contributed by atoms with Gasteiger partial charge in [-0.15, -0.1) is 0 Å². The normalized spacial score (nSPS) is 24.9. The summed E-state index contributed by atoms with van der Waals surface area (Å²) in [5, 5.41) is 12.6. The van der Waals surface area contributed by atoms with Gasteiger partial charge in [0.25, 0.3) is 0 Å². The van der Waals surface area contributed by atoms with Crippen molar-refractivity contribution in [2.24, 2.45) is 0 Å². The lowest BCUT2D eigenvalue weighted by molar-refractivity contribution is -0.122. The molecule has 180 valence electrons. The Morgan fingerprint density at radius 3 is 2.72 bits per heavy atom. The van der Waals surface area contributed by atoms with E-state index in [2.05, 4.69) is 14.9 Å². The highest BCUT2D eigenvalue weighted by molar-refractivity contribution is 7.89. The van der Waals surface area contributed by atoms with E-state index in [1.54, 1.807) is 0 Å². The molecule has 0 spiro atoms. The summed E-state index contributed by atoms with van der Waals surface area (Å²) >= 11 is 0. The van der Waals surface area contributed by atoms with Crippen LogP contribution in [0.5, 0.6) is 0 Å². The largest absolute Gasteiger partial charge is 0.394 e. The Morgan fingerprint density at radius 2 is 2.00 bits per heavy atom. The number of hydrogen-bond acceptors (Lipinski definition) is 6. The number of rotatable bonds is 10. The van der Waals surface area contributed by atoms with Crippen LogP contribution in [0, 0.1) is 5.82 Å². The number of nitrogens with one attached hydrogen (secondary N) is 2. The molecule has 0 radical (unpaired) electrons. The summed E-state index contributed by atoms with van der Waals surface area (Å²) in [7, 11) is -3.93. The van der Waals surface area contributed by atoms with Crippen molar-refractivity contribution in [1.29, 1.82) is 0 Å². The number of carbonyl (C=O) groups excluding carboxylic acids is 1. The van der Waals surface area contributed by atoms with Gasteiger partial charge in [-0.1, -0.05) is 12.5 Å². The van der Waals surface area contributed by atoms with Crippen molar-refractivity contribution in [3.8, 4) is 0 Å². The van der Waals surface area contributed by atoms with Crippen LogP contribution in [0.15, 0.2) is 29.2 Å². The van der Waals surface area contributed by atoms with Crippen molar-refractivity contribution in [2.75, 3.05) is 32.8 Å². The lowest BCUT2D eigenvalue weighted by atomic mass is 9.98. The summed E-state index contributed by atoms with van der Waals surface area (Å²) in [5.41, 5.74) is 0. The van der Waals surface area contributed by atoms with Crippen molar-refractivity contribution >= 4 is 15.9 Å². The van der Waals surface area contributed by atoms with Gasteiger partial charge in [-0.3, -0.25) is 4.79 Å². The number of nitrogens with zero attached hydrogens (tertiary/aromatic N) is 1. The summed E-state index contributed by atoms with van der Waals surface area (Å²) in [6.07, 6.45) is 4.94. The Labute approximate surface area is 189 Å². The van der Waals surface area contributed by atoms with E-state index < -0.39 is 28.0 Å². The number of ether oxygens (including phenoxy) is 1. The van der Waals surface area contributed by atoms with E-state index in [1.807, 2.05) is 0 Å². The van der Waals surface area contributed by atoms with Crippen LogP contribution < -0.4 is 10.0 Å². The molecular weight excluding hydrogens is 437 g/mol. The van der Waals surface area contributed by atoms with Crippen LogP contribution in [0.1, 0.15) is 44.9 Å². The molecule has 1 aromatic carbocycles. The molecule has 3 rings (SSSR count). The Balaban J connectivity index is 1.40. The number of piperidine rings is 1. The second kappa shape index (κ2) is 12.0. The van der Waals surface area contributed by atoms with Crippen molar-refractivity contribution in [1.82, 2.24) is 14.9 Å². The summed E-state index contributed by atoms with van der Waals surface area (Å²) in [6, 6.07) is 4.18. The highest BCUT2D eigenvalue weighted by Gasteiger charge is 2.34. The van der Waals surface area contributed by atoms with E-state index >= 15 is 0 Å². The lowest BCUT2D eigenvalue weighted by Crippen LogP contribution is -2.51. The number of hydrogen-bond donors (Lipinski definition) is 3. The Bertz CT molecular complexity index is 848. The topological polar surface area (TPSA) is 108 Å². The maximum Gasteiger partial charge on any atom is 0.241 e. The second-order valence-corrected chi connectivity index (χ2v) is 10.2. The van der Waals surface area contributed by atoms with Gasteiger partial charge in [-0.25, -0.2) is 17.5 Å². The number of halogens is 1. The average molecular weight is 472 g/mol. The highest BCUT2D eigenvalue weighted by atomic mass is 32.2. The number of aliphatic hydroxyl groups excluding tert-OH is 1. The minimum atomic E-state index is -3.93. The van der Waals surface area contributed by atoms with Crippen molar-refractivity contribution in [2.45, 2.75) is 68.1 Å². The first-order chi connectivity index (χ1) is 15.4. The number of likely N-dealkylation sites (tertiary alicyclic amines) is 1. The fourth-order valence-electron chi connectivity index (χ4n) is 4.28. The zero-order valence-corrected chi connectivity index (χ0v) is 19.2. The minimum absolute atomic E-state index is 0.0193. The Morgan fingerprint density at radius 1 is 1.22 bits per heavy atom. The van der Waals surface area contributed by atoms with Crippen LogP contribution in [0.25, 0.3) is 0 Å². The van der Waals surface area contributed by atoms with Crippen molar-refractivity contribution in [3.05, 3.63) is 30.1 Å². The third kappa shape index (κ3) is 7.48. The predicted molar refractivity (Wildman–Crippen MR) is 118 cm³/mol. The first-order valence-electron chi connectivity index (χ1n) is 11.4. The van der Waals surface area contributed by atoms with Crippen LogP contribution in [-0.4, -0.2) is 75.4 Å². The minimum Gasteiger partial charge on any atom is -0.394 e. The summed E-state index contributed by atoms with van der Waals surface area (Å²) in [6.45, 7) is 3.05. The molecule has 2 heterocycles. The number of carbonyl (C=O) groups is 1. The molecule has 3 N–H and O–H groups in total. The number of sulfonamides is 1. The molecule has 32 heavy (non-hydrogen) atoms. The average Bonchev–Trinajstić information content (AvgIpc) is 2.79. The van der Waals surface area contributed by atoms with E-state index in [4.69, 9.17) is 4.74 Å². The maximum atomic E-state index is 13.4. The summed E-state index contributed by atoms with van der Waals surface area (Å²) < 4.78 is 46.9. The molecule has 0 unspecified atom stereocenters. The van der Waals surface area contributed by atoms with Gasteiger partial charge in [0, 0.05) is 19.5 Å².